The van der Waals surface area contributed by atoms with E-state index in [9.17, 15) is 0 Å². The van der Waals surface area contributed by atoms with Gasteiger partial charge in [0.2, 0.25) is 0 Å². The van der Waals surface area contributed by atoms with Crippen LogP contribution in [-0.4, -0.2) is 18.5 Å². The maximum absolute atomic E-state index is 3.41. The summed E-state index contributed by atoms with van der Waals surface area (Å²) in [6.45, 7) is 4.47. The Morgan fingerprint density at radius 1 is 1.24 bits per heavy atom. The van der Waals surface area contributed by atoms with Crippen molar-refractivity contribution in [3.63, 3.8) is 0 Å². The summed E-state index contributed by atoms with van der Waals surface area (Å²) in [6.07, 6.45) is 4.33. The number of nitrogens with zero attached hydrogens (tertiary/aromatic N) is 1. The van der Waals surface area contributed by atoms with E-state index in [0.717, 1.165) is 25.6 Å². The molecule has 1 aromatic carbocycles. The topological polar surface area (TPSA) is 15.3 Å². The van der Waals surface area contributed by atoms with Crippen molar-refractivity contribution >= 4 is 0 Å². The lowest BCUT2D eigenvalue weighted by atomic mass is 9.85. The summed E-state index contributed by atoms with van der Waals surface area (Å²) in [5.41, 5.74) is 4.45. The van der Waals surface area contributed by atoms with Crippen molar-refractivity contribution in [2.24, 2.45) is 5.92 Å². The molecule has 1 aromatic rings. The van der Waals surface area contributed by atoms with E-state index in [-0.39, 0.29) is 0 Å². The molecule has 2 aliphatic rings. The molecule has 0 spiro atoms. The molecule has 1 aliphatic carbocycles. The highest BCUT2D eigenvalue weighted by Crippen LogP contribution is 2.27. The smallest absolute Gasteiger partial charge is 0.0230 e. The molecule has 1 fully saturated rings. The zero-order valence-corrected chi connectivity index (χ0v) is 10.7. The second-order valence-corrected chi connectivity index (χ2v) is 5.70. The average Bonchev–Trinajstić information content (AvgIpc) is 2.71. The first-order chi connectivity index (χ1) is 8.31. The summed E-state index contributed by atoms with van der Waals surface area (Å²) in [5, 5.41) is 3.41. The van der Waals surface area contributed by atoms with Crippen LogP contribution < -0.4 is 5.32 Å². The van der Waals surface area contributed by atoms with Crippen LogP contribution in [-0.2, 0) is 19.6 Å². The van der Waals surface area contributed by atoms with E-state index in [1.807, 2.05) is 0 Å². The van der Waals surface area contributed by atoms with Crippen molar-refractivity contribution in [3.8, 4) is 0 Å². The third-order valence-electron chi connectivity index (χ3n) is 4.15. The zero-order chi connectivity index (χ0) is 11.7. The van der Waals surface area contributed by atoms with Gasteiger partial charge in [0.15, 0.2) is 0 Å². The molecular formula is C15H22N2. The third kappa shape index (κ3) is 2.53. The van der Waals surface area contributed by atoms with Crippen molar-refractivity contribution in [2.75, 3.05) is 13.6 Å². The second-order valence-electron chi connectivity index (χ2n) is 5.70. The zero-order valence-electron chi connectivity index (χ0n) is 10.7. The third-order valence-corrected chi connectivity index (χ3v) is 4.15. The molecule has 17 heavy (non-hydrogen) atoms. The lowest BCUT2D eigenvalue weighted by molar-refractivity contribution is 0.200. The number of benzene rings is 1. The van der Waals surface area contributed by atoms with Gasteiger partial charge in [-0.05, 0) is 42.5 Å². The number of fused-ring (bicyclic) bond motifs is 1. The maximum Gasteiger partial charge on any atom is 0.0230 e. The molecule has 0 unspecified atom stereocenters. The minimum atomic E-state index is 0.969. The Labute approximate surface area is 104 Å². The highest BCUT2D eigenvalue weighted by atomic mass is 15.1. The van der Waals surface area contributed by atoms with Crippen LogP contribution in [0, 0.1) is 5.92 Å². The van der Waals surface area contributed by atoms with Gasteiger partial charge >= 0.3 is 0 Å². The fraction of sp³-hybridized carbons (Fsp3) is 0.600. The summed E-state index contributed by atoms with van der Waals surface area (Å²) in [4.78, 5) is 2.48. The molecule has 1 N–H and O–H groups in total. The van der Waals surface area contributed by atoms with E-state index in [2.05, 4.69) is 35.5 Å². The number of rotatable bonds is 4. The first-order valence-electron chi connectivity index (χ1n) is 6.81. The summed E-state index contributed by atoms with van der Waals surface area (Å²) in [6, 6.07) is 6.97. The summed E-state index contributed by atoms with van der Waals surface area (Å²) in [5.74, 6) is 0.969. The van der Waals surface area contributed by atoms with E-state index < -0.39 is 0 Å². The molecule has 0 radical (unpaired) electrons. The van der Waals surface area contributed by atoms with Crippen molar-refractivity contribution in [3.05, 3.63) is 34.9 Å². The quantitative estimate of drug-likeness (QED) is 0.855. The average molecular weight is 230 g/mol. The molecule has 3 rings (SSSR count). The van der Waals surface area contributed by atoms with Gasteiger partial charge in [-0.25, -0.2) is 0 Å². The van der Waals surface area contributed by atoms with Gasteiger partial charge in [-0.3, -0.25) is 0 Å². The van der Waals surface area contributed by atoms with Crippen LogP contribution in [0.2, 0.25) is 0 Å². The lowest BCUT2D eigenvalue weighted by Crippen LogP contribution is -2.29. The Morgan fingerprint density at radius 3 is 2.82 bits per heavy atom. The molecule has 0 amide bonds. The molecular weight excluding hydrogens is 208 g/mol. The molecule has 0 aromatic heterocycles. The summed E-state index contributed by atoms with van der Waals surface area (Å²) >= 11 is 0. The Kier molecular flexibility index (Phi) is 3.17. The van der Waals surface area contributed by atoms with Gasteiger partial charge in [0, 0.05) is 26.2 Å². The molecule has 2 nitrogen and oxygen atoms in total. The molecule has 1 aliphatic heterocycles. The summed E-state index contributed by atoms with van der Waals surface area (Å²) < 4.78 is 0. The van der Waals surface area contributed by atoms with E-state index in [1.165, 1.54) is 42.5 Å². The largest absolute Gasteiger partial charge is 0.309 e. The van der Waals surface area contributed by atoms with Gasteiger partial charge in [0.25, 0.3) is 0 Å². The number of hydrogen-bond acceptors (Lipinski definition) is 2. The molecule has 0 saturated heterocycles. The van der Waals surface area contributed by atoms with E-state index in [0.29, 0.717) is 0 Å². The first-order valence-corrected chi connectivity index (χ1v) is 6.81. The molecule has 0 atom stereocenters. The monoisotopic (exact) mass is 230 g/mol. The predicted octanol–water partition coefficient (Wildman–Crippen LogP) is 2.52. The standard InChI is InChI=1S/C15H22N2/c1-17(10-12-3-2-4-12)11-13-5-6-14-8-16-9-15(14)7-13/h5-7,12,16H,2-4,8-11H2,1H3. The van der Waals surface area contributed by atoms with Crippen LogP contribution in [0.25, 0.3) is 0 Å². The van der Waals surface area contributed by atoms with Gasteiger partial charge in [-0.2, -0.15) is 0 Å². The normalized spacial score (nSPS) is 19.4. The second kappa shape index (κ2) is 4.79. The highest BCUT2D eigenvalue weighted by molar-refractivity contribution is 5.34. The Balaban J connectivity index is 1.60. The van der Waals surface area contributed by atoms with Crippen molar-refractivity contribution in [2.45, 2.75) is 38.9 Å². The van der Waals surface area contributed by atoms with Crippen molar-refractivity contribution in [1.29, 1.82) is 0 Å². The Bertz CT molecular complexity index is 396. The minimum absolute atomic E-state index is 0.969. The molecule has 2 heteroatoms. The van der Waals surface area contributed by atoms with Crippen molar-refractivity contribution < 1.29 is 0 Å². The van der Waals surface area contributed by atoms with E-state index in [1.54, 1.807) is 0 Å². The van der Waals surface area contributed by atoms with Gasteiger partial charge in [0.1, 0.15) is 0 Å². The van der Waals surface area contributed by atoms with Gasteiger partial charge in [-0.1, -0.05) is 24.6 Å². The van der Waals surface area contributed by atoms with Gasteiger partial charge in [-0.15, -0.1) is 0 Å². The molecule has 0 bridgehead atoms. The predicted molar refractivity (Wildman–Crippen MR) is 70.7 cm³/mol. The Morgan fingerprint density at radius 2 is 2.06 bits per heavy atom. The molecule has 1 saturated carbocycles. The van der Waals surface area contributed by atoms with Crippen LogP contribution in [0.3, 0.4) is 0 Å². The first kappa shape index (κ1) is 11.2. The Hall–Kier alpha value is -0.860. The molecule has 92 valence electrons. The number of nitrogens with one attached hydrogen (secondary N) is 1. The minimum Gasteiger partial charge on any atom is -0.309 e. The maximum atomic E-state index is 3.41. The van der Waals surface area contributed by atoms with Gasteiger partial charge < -0.3 is 10.2 Å². The van der Waals surface area contributed by atoms with Crippen LogP contribution >= 0.6 is 0 Å². The van der Waals surface area contributed by atoms with E-state index >= 15 is 0 Å². The van der Waals surface area contributed by atoms with E-state index in [4.69, 9.17) is 0 Å². The van der Waals surface area contributed by atoms with Crippen LogP contribution in [0.4, 0.5) is 0 Å². The van der Waals surface area contributed by atoms with Crippen LogP contribution in [0.5, 0.6) is 0 Å². The number of hydrogen-bond donors (Lipinski definition) is 1. The lowest BCUT2D eigenvalue weighted by Gasteiger charge is -2.30. The molecule has 1 heterocycles. The van der Waals surface area contributed by atoms with Crippen molar-refractivity contribution in [1.82, 2.24) is 10.2 Å². The summed E-state index contributed by atoms with van der Waals surface area (Å²) in [7, 11) is 2.25. The van der Waals surface area contributed by atoms with Gasteiger partial charge in [0.05, 0.1) is 0 Å². The van der Waals surface area contributed by atoms with Crippen LogP contribution in [0.15, 0.2) is 18.2 Å². The highest BCUT2D eigenvalue weighted by Gasteiger charge is 2.19. The SMILES string of the molecule is CN(Cc1ccc2c(c1)CNC2)CC1CCC1. The van der Waals surface area contributed by atoms with Crippen LogP contribution in [0.1, 0.15) is 36.0 Å². The fourth-order valence-electron chi connectivity index (χ4n) is 2.94. The fourth-order valence-corrected chi connectivity index (χ4v) is 2.94.